The number of benzene rings is 3. The topological polar surface area (TPSA) is 109 Å². The molecule has 1 aromatic heterocycles. The minimum atomic E-state index is -1.61. The number of carbonyl (C=O) groups is 2. The highest BCUT2D eigenvalue weighted by Crippen LogP contribution is 2.55. The van der Waals surface area contributed by atoms with Crippen LogP contribution in [0.3, 0.4) is 0 Å². The number of hydrogen-bond donors (Lipinski definition) is 0. The normalized spacial score (nSPS) is 16.8. The van der Waals surface area contributed by atoms with Gasteiger partial charge in [0.2, 0.25) is 0 Å². The van der Waals surface area contributed by atoms with E-state index in [2.05, 4.69) is 0 Å². The minimum absolute atomic E-state index is 0.00409. The van der Waals surface area contributed by atoms with Gasteiger partial charge in [0.15, 0.2) is 5.41 Å². The number of allylic oxidation sites excluding steroid dienone is 4. The van der Waals surface area contributed by atoms with Crippen LogP contribution in [-0.2, 0) is 25.5 Å². The van der Waals surface area contributed by atoms with Crippen molar-refractivity contribution >= 4 is 28.8 Å². The molecule has 0 bridgehead atoms. The van der Waals surface area contributed by atoms with Crippen molar-refractivity contribution in [2.75, 3.05) is 14.2 Å². The molecule has 8 nitrogen and oxygen atoms in total. The quantitative estimate of drug-likeness (QED) is 0.111. The molecule has 4 aromatic rings. The van der Waals surface area contributed by atoms with E-state index in [0.717, 1.165) is 39.0 Å². The lowest BCUT2D eigenvalue weighted by Crippen LogP contribution is -2.45. The van der Waals surface area contributed by atoms with Gasteiger partial charge in [-0.25, -0.2) is 0 Å². The van der Waals surface area contributed by atoms with Crippen molar-refractivity contribution in [1.82, 2.24) is 0 Å². The number of non-ortho nitro benzene ring substituents is 1. The molecule has 1 atom stereocenters. The van der Waals surface area contributed by atoms with Gasteiger partial charge in [-0.1, -0.05) is 72.8 Å². The fourth-order valence-corrected chi connectivity index (χ4v) is 6.18. The lowest BCUT2D eigenvalue weighted by atomic mass is 9.69. The predicted molar refractivity (Wildman–Crippen MR) is 156 cm³/mol. The molecule has 0 spiro atoms. The second kappa shape index (κ2) is 10.6. The Labute approximate surface area is 242 Å². The number of ether oxygens (including phenoxy) is 2. The van der Waals surface area contributed by atoms with Gasteiger partial charge in [0, 0.05) is 47.6 Å². The van der Waals surface area contributed by atoms with Gasteiger partial charge in [-0.15, -0.1) is 0 Å². The average molecular weight is 562 g/mol. The summed E-state index contributed by atoms with van der Waals surface area (Å²) in [4.78, 5) is 37.4. The number of rotatable bonds is 6. The molecule has 0 saturated carbocycles. The van der Waals surface area contributed by atoms with Crippen LogP contribution in [0.2, 0.25) is 0 Å². The molecular weight excluding hydrogens is 534 g/mol. The monoisotopic (exact) mass is 561 g/mol. The first-order valence-corrected chi connectivity index (χ1v) is 13.5. The van der Waals surface area contributed by atoms with Crippen LogP contribution in [0.1, 0.15) is 40.4 Å². The summed E-state index contributed by atoms with van der Waals surface area (Å²) >= 11 is 0. The Morgan fingerprint density at radius 3 is 2.05 bits per heavy atom. The fourth-order valence-electron chi connectivity index (χ4n) is 6.18. The SMILES string of the molecule is COC(=O)C1(C(=O)OC)CC2=CC=C(c3ccc([N+](=O)[O-])cc3)C(c3ccccc3)c3c(-c4ccccc4)oc(c32)C1. The molecule has 3 aromatic carbocycles. The maximum absolute atomic E-state index is 13.2. The highest BCUT2D eigenvalue weighted by atomic mass is 16.6. The number of furan rings is 1. The summed E-state index contributed by atoms with van der Waals surface area (Å²) < 4.78 is 16.9. The maximum atomic E-state index is 13.2. The van der Waals surface area contributed by atoms with E-state index in [1.807, 2.05) is 72.8 Å². The molecule has 0 aliphatic heterocycles. The third kappa shape index (κ3) is 4.32. The molecule has 0 N–H and O–H groups in total. The van der Waals surface area contributed by atoms with Gasteiger partial charge in [0.25, 0.3) is 5.69 Å². The van der Waals surface area contributed by atoms with E-state index in [-0.39, 0.29) is 24.4 Å². The van der Waals surface area contributed by atoms with E-state index in [1.165, 1.54) is 26.4 Å². The van der Waals surface area contributed by atoms with Crippen molar-refractivity contribution in [2.45, 2.75) is 18.8 Å². The molecule has 0 saturated heterocycles. The van der Waals surface area contributed by atoms with Crippen molar-refractivity contribution in [3.63, 3.8) is 0 Å². The second-order valence-corrected chi connectivity index (χ2v) is 10.4. The predicted octanol–water partition coefficient (Wildman–Crippen LogP) is 6.75. The molecule has 0 fully saturated rings. The molecule has 2 aliphatic rings. The van der Waals surface area contributed by atoms with Crippen molar-refractivity contribution in [3.05, 3.63) is 135 Å². The van der Waals surface area contributed by atoms with Crippen LogP contribution in [-0.4, -0.2) is 31.1 Å². The first kappa shape index (κ1) is 27.0. The third-order valence-electron chi connectivity index (χ3n) is 8.09. The zero-order valence-corrected chi connectivity index (χ0v) is 23.0. The van der Waals surface area contributed by atoms with E-state index in [9.17, 15) is 19.7 Å². The van der Waals surface area contributed by atoms with Crippen LogP contribution in [0.5, 0.6) is 0 Å². The number of nitrogens with zero attached hydrogens (tertiary/aromatic N) is 1. The van der Waals surface area contributed by atoms with Crippen LogP contribution >= 0.6 is 0 Å². The molecule has 1 heterocycles. The molecular formula is C34H27NO7. The maximum Gasteiger partial charge on any atom is 0.324 e. The minimum Gasteiger partial charge on any atom is -0.468 e. The zero-order chi connectivity index (χ0) is 29.4. The highest BCUT2D eigenvalue weighted by Gasteiger charge is 2.54. The Kier molecular flexibility index (Phi) is 6.82. The fraction of sp³-hybridized carbons (Fsp3) is 0.176. The van der Waals surface area contributed by atoms with Crippen LogP contribution in [0.25, 0.3) is 22.5 Å². The van der Waals surface area contributed by atoms with Crippen molar-refractivity contribution in [1.29, 1.82) is 0 Å². The van der Waals surface area contributed by atoms with Gasteiger partial charge in [-0.05, 0) is 34.4 Å². The first-order valence-electron chi connectivity index (χ1n) is 13.5. The Morgan fingerprint density at radius 2 is 1.45 bits per heavy atom. The smallest absolute Gasteiger partial charge is 0.324 e. The Hall–Kier alpha value is -5.24. The van der Waals surface area contributed by atoms with E-state index in [1.54, 1.807) is 12.1 Å². The number of nitro benzene ring substituents is 1. The number of hydrogen-bond acceptors (Lipinski definition) is 7. The van der Waals surface area contributed by atoms with Gasteiger partial charge in [-0.3, -0.25) is 19.7 Å². The molecule has 0 radical (unpaired) electrons. The largest absolute Gasteiger partial charge is 0.468 e. The van der Waals surface area contributed by atoms with Crippen LogP contribution in [0.4, 0.5) is 5.69 Å². The van der Waals surface area contributed by atoms with Gasteiger partial charge in [0.1, 0.15) is 11.5 Å². The molecule has 0 amide bonds. The highest BCUT2D eigenvalue weighted by molar-refractivity contribution is 6.04. The van der Waals surface area contributed by atoms with Crippen LogP contribution < -0.4 is 0 Å². The van der Waals surface area contributed by atoms with Gasteiger partial charge in [-0.2, -0.15) is 0 Å². The summed E-state index contributed by atoms with van der Waals surface area (Å²) in [5.74, 6) is -0.586. The lowest BCUT2D eigenvalue weighted by Gasteiger charge is -2.32. The molecule has 210 valence electrons. The Balaban J connectivity index is 1.67. The summed E-state index contributed by atoms with van der Waals surface area (Å²) in [6.07, 6.45) is 3.92. The number of nitro groups is 1. The molecule has 8 heteroatoms. The Morgan fingerprint density at radius 1 is 0.833 bits per heavy atom. The lowest BCUT2D eigenvalue weighted by molar-refractivity contribution is -0.384. The average Bonchev–Trinajstić information content (AvgIpc) is 3.32. The van der Waals surface area contributed by atoms with Crippen molar-refractivity contribution < 1.29 is 28.4 Å². The van der Waals surface area contributed by atoms with Crippen LogP contribution in [0, 0.1) is 15.5 Å². The van der Waals surface area contributed by atoms with Crippen molar-refractivity contribution in [3.8, 4) is 11.3 Å². The summed E-state index contributed by atoms with van der Waals surface area (Å²) in [6, 6.07) is 26.1. The molecule has 42 heavy (non-hydrogen) atoms. The standard InChI is InChI=1S/C34H27NO7/c1-40-32(36)34(33(37)41-2)19-24-15-18-26(21-13-16-25(17-14-21)35(38)39)28(22-9-5-3-6-10-22)30-29(24)27(20-34)42-31(30)23-11-7-4-8-12-23/h3-18,28H,19-20H2,1-2H3. The van der Waals surface area contributed by atoms with Gasteiger partial charge in [0.05, 0.1) is 19.1 Å². The number of methoxy groups -OCH3 is 2. The summed E-state index contributed by atoms with van der Waals surface area (Å²) in [5.41, 5.74) is 4.40. The van der Waals surface area contributed by atoms with E-state index < -0.39 is 22.3 Å². The van der Waals surface area contributed by atoms with E-state index in [0.29, 0.717) is 11.5 Å². The van der Waals surface area contributed by atoms with E-state index in [4.69, 9.17) is 13.9 Å². The second-order valence-electron chi connectivity index (χ2n) is 10.4. The molecule has 1 unspecified atom stereocenters. The number of esters is 2. The zero-order valence-electron chi connectivity index (χ0n) is 23.0. The third-order valence-corrected chi connectivity index (χ3v) is 8.09. The number of carbonyl (C=O) groups excluding carboxylic acids is 2. The first-order chi connectivity index (χ1) is 20.4. The summed E-state index contributed by atoms with van der Waals surface area (Å²) in [5, 5.41) is 11.4. The van der Waals surface area contributed by atoms with Crippen molar-refractivity contribution in [2.24, 2.45) is 5.41 Å². The summed E-state index contributed by atoms with van der Waals surface area (Å²) in [7, 11) is 2.51. The van der Waals surface area contributed by atoms with Gasteiger partial charge >= 0.3 is 11.9 Å². The summed E-state index contributed by atoms with van der Waals surface area (Å²) in [6.45, 7) is 0. The molecule has 2 aliphatic carbocycles. The van der Waals surface area contributed by atoms with Crippen LogP contribution in [0.15, 0.2) is 101 Å². The molecule has 6 rings (SSSR count). The Bertz CT molecular complexity index is 1730. The van der Waals surface area contributed by atoms with Gasteiger partial charge < -0.3 is 13.9 Å². The van der Waals surface area contributed by atoms with E-state index >= 15 is 0 Å².